The van der Waals surface area contributed by atoms with Gasteiger partial charge in [0.25, 0.3) is 0 Å². The summed E-state index contributed by atoms with van der Waals surface area (Å²) in [6.45, 7) is 5.41. The summed E-state index contributed by atoms with van der Waals surface area (Å²) in [6, 6.07) is 5.99. The summed E-state index contributed by atoms with van der Waals surface area (Å²) >= 11 is 0. The first-order valence-electron chi connectivity index (χ1n) is 10.6. The van der Waals surface area contributed by atoms with Gasteiger partial charge in [-0.25, -0.2) is 9.97 Å². The Kier molecular flexibility index (Phi) is 4.28. The lowest BCUT2D eigenvalue weighted by molar-refractivity contribution is 0.152. The monoisotopic (exact) mass is 407 g/mol. The first kappa shape index (κ1) is 18.0. The number of hydrogen-bond donors (Lipinski definition) is 1. The topological polar surface area (TPSA) is 91.0 Å². The van der Waals surface area contributed by atoms with E-state index in [1.807, 2.05) is 18.2 Å². The second-order valence-corrected chi connectivity index (χ2v) is 8.44. The molecule has 6 rings (SSSR count). The Morgan fingerprint density at radius 3 is 2.93 bits per heavy atom. The van der Waals surface area contributed by atoms with Gasteiger partial charge >= 0.3 is 0 Å². The Morgan fingerprint density at radius 1 is 1.13 bits per heavy atom. The highest BCUT2D eigenvalue weighted by Crippen LogP contribution is 2.39. The minimum absolute atomic E-state index is 0.260. The van der Waals surface area contributed by atoms with Gasteiger partial charge in [0.1, 0.15) is 17.8 Å². The van der Waals surface area contributed by atoms with E-state index in [1.54, 1.807) is 6.33 Å². The van der Waals surface area contributed by atoms with Gasteiger partial charge in [-0.15, -0.1) is 0 Å². The van der Waals surface area contributed by atoms with Crippen LogP contribution in [0.5, 0.6) is 11.5 Å². The van der Waals surface area contributed by atoms with Gasteiger partial charge in [-0.1, -0.05) is 6.07 Å². The van der Waals surface area contributed by atoms with Crippen molar-refractivity contribution in [3.05, 3.63) is 30.7 Å². The molecule has 2 atom stereocenters. The fourth-order valence-corrected chi connectivity index (χ4v) is 4.77. The predicted octanol–water partition coefficient (Wildman–Crippen LogP) is 2.52. The third kappa shape index (κ3) is 3.26. The van der Waals surface area contributed by atoms with Crippen LogP contribution in [0.2, 0.25) is 0 Å². The number of epoxide rings is 1. The van der Waals surface area contributed by atoms with E-state index in [1.165, 1.54) is 19.4 Å². The number of rotatable bonds is 5. The highest BCUT2D eigenvalue weighted by Gasteiger charge is 2.29. The van der Waals surface area contributed by atoms with Gasteiger partial charge in [-0.2, -0.15) is 0 Å². The first-order valence-corrected chi connectivity index (χ1v) is 10.6. The molecule has 3 aromatic rings. The molecule has 30 heavy (non-hydrogen) atoms. The average Bonchev–Trinajstić information content (AvgIpc) is 3.30. The molecule has 8 nitrogen and oxygen atoms in total. The molecule has 2 saturated heterocycles. The molecule has 2 N–H and O–H groups in total. The zero-order valence-corrected chi connectivity index (χ0v) is 16.8. The molecule has 0 unspecified atom stereocenters. The van der Waals surface area contributed by atoms with Crippen molar-refractivity contribution in [1.82, 2.24) is 19.4 Å². The number of nitrogens with zero attached hydrogens (tertiary/aromatic N) is 4. The van der Waals surface area contributed by atoms with E-state index in [2.05, 4.69) is 25.6 Å². The molecule has 2 fully saturated rings. The van der Waals surface area contributed by atoms with E-state index in [4.69, 9.17) is 19.9 Å². The van der Waals surface area contributed by atoms with Crippen LogP contribution in [-0.2, 0) is 11.3 Å². The molecule has 2 aromatic heterocycles. The van der Waals surface area contributed by atoms with Gasteiger partial charge < -0.3 is 29.4 Å². The van der Waals surface area contributed by atoms with Crippen molar-refractivity contribution >= 4 is 16.9 Å². The summed E-state index contributed by atoms with van der Waals surface area (Å²) in [5, 5.41) is 0.899. The summed E-state index contributed by atoms with van der Waals surface area (Å²) in [4.78, 5) is 11.4. The summed E-state index contributed by atoms with van der Waals surface area (Å²) in [7, 11) is 0. The summed E-state index contributed by atoms with van der Waals surface area (Å²) in [6.07, 6.45) is 6.61. The Labute approximate surface area is 174 Å². The van der Waals surface area contributed by atoms with Gasteiger partial charge in [0, 0.05) is 31.4 Å². The van der Waals surface area contributed by atoms with Crippen LogP contribution in [-0.4, -0.2) is 58.6 Å². The van der Waals surface area contributed by atoms with E-state index >= 15 is 0 Å². The SMILES string of the molecule is Nc1ncnc2c1c(-c1ccc3c(c1)OCO3)cn2C[C@H]1CCCN(C[C@@H]2CO2)C1. The van der Waals surface area contributed by atoms with E-state index in [-0.39, 0.29) is 6.79 Å². The lowest BCUT2D eigenvalue weighted by atomic mass is 9.98. The van der Waals surface area contributed by atoms with Crippen LogP contribution in [0.4, 0.5) is 5.82 Å². The fourth-order valence-electron chi connectivity index (χ4n) is 4.77. The zero-order valence-electron chi connectivity index (χ0n) is 16.8. The number of likely N-dealkylation sites (tertiary alicyclic amines) is 1. The van der Waals surface area contributed by atoms with Gasteiger partial charge in [0.15, 0.2) is 11.5 Å². The third-order valence-corrected chi connectivity index (χ3v) is 6.29. The minimum atomic E-state index is 0.260. The maximum absolute atomic E-state index is 6.29. The molecule has 0 saturated carbocycles. The first-order chi connectivity index (χ1) is 14.7. The highest BCUT2D eigenvalue weighted by atomic mass is 16.7. The highest BCUT2D eigenvalue weighted by molar-refractivity contribution is 6.00. The number of hydrogen-bond acceptors (Lipinski definition) is 7. The second kappa shape index (κ2) is 7.14. The van der Waals surface area contributed by atoms with Crippen LogP contribution in [0.25, 0.3) is 22.2 Å². The predicted molar refractivity (Wildman–Crippen MR) is 112 cm³/mol. The number of piperidine rings is 1. The molecule has 0 spiro atoms. The Balaban J connectivity index is 1.33. The molecule has 8 heteroatoms. The van der Waals surface area contributed by atoms with Crippen molar-refractivity contribution in [3.63, 3.8) is 0 Å². The smallest absolute Gasteiger partial charge is 0.231 e. The Morgan fingerprint density at radius 2 is 2.03 bits per heavy atom. The Hall–Kier alpha value is -2.84. The second-order valence-electron chi connectivity index (χ2n) is 8.44. The maximum Gasteiger partial charge on any atom is 0.231 e. The van der Waals surface area contributed by atoms with Gasteiger partial charge in [-0.3, -0.25) is 0 Å². The van der Waals surface area contributed by atoms with Crippen LogP contribution in [0.1, 0.15) is 12.8 Å². The quantitative estimate of drug-likeness (QED) is 0.650. The summed E-state index contributed by atoms with van der Waals surface area (Å²) < 4.78 is 18.7. The van der Waals surface area contributed by atoms with Crippen molar-refractivity contribution in [2.24, 2.45) is 5.92 Å². The number of fused-ring (bicyclic) bond motifs is 2. The van der Waals surface area contributed by atoms with Gasteiger partial charge in [0.05, 0.1) is 18.1 Å². The molecule has 0 amide bonds. The summed E-state index contributed by atoms with van der Waals surface area (Å²) in [5.41, 5.74) is 9.24. The Bertz CT molecular complexity index is 1090. The number of ether oxygens (including phenoxy) is 3. The van der Waals surface area contributed by atoms with Crippen LogP contribution < -0.4 is 15.2 Å². The van der Waals surface area contributed by atoms with Crippen LogP contribution in [0.15, 0.2) is 30.7 Å². The number of anilines is 1. The van der Waals surface area contributed by atoms with Crippen LogP contribution in [0, 0.1) is 5.92 Å². The molecule has 3 aliphatic heterocycles. The number of nitrogen functional groups attached to an aromatic ring is 1. The van der Waals surface area contributed by atoms with Crippen molar-refractivity contribution in [3.8, 4) is 22.6 Å². The molecule has 5 heterocycles. The molecule has 0 bridgehead atoms. The molecular weight excluding hydrogens is 382 g/mol. The average molecular weight is 407 g/mol. The summed E-state index contributed by atoms with van der Waals surface area (Å²) in [5.74, 6) is 2.61. The van der Waals surface area contributed by atoms with Gasteiger partial charge in [-0.05, 0) is 43.0 Å². The largest absolute Gasteiger partial charge is 0.454 e. The van der Waals surface area contributed by atoms with Gasteiger partial charge in [0.2, 0.25) is 6.79 Å². The third-order valence-electron chi connectivity index (χ3n) is 6.29. The van der Waals surface area contributed by atoms with E-state index in [0.29, 0.717) is 17.8 Å². The standard InChI is InChI=1S/C22H25N5O3/c23-21-20-17(15-3-4-18-19(6-15)30-13-29-18)10-27(22(20)25-12-24-21)8-14-2-1-5-26(7-14)9-16-11-28-16/h3-4,6,10,12,14,16H,1-2,5,7-9,11,13H2,(H2,23,24,25)/t14-,16+/m0/s1. The number of nitrogens with two attached hydrogens (primary N) is 1. The zero-order chi connectivity index (χ0) is 20.1. The van der Waals surface area contributed by atoms with E-state index < -0.39 is 0 Å². The normalized spacial score (nSPS) is 23.2. The van der Waals surface area contributed by atoms with E-state index in [9.17, 15) is 0 Å². The number of aromatic nitrogens is 3. The molecule has 0 radical (unpaired) electrons. The molecular formula is C22H25N5O3. The fraction of sp³-hybridized carbons (Fsp3) is 0.455. The molecule has 1 aromatic carbocycles. The van der Waals surface area contributed by atoms with Crippen molar-refractivity contribution in [1.29, 1.82) is 0 Å². The molecule has 156 valence electrons. The number of benzene rings is 1. The lowest BCUT2D eigenvalue weighted by Gasteiger charge is -2.32. The van der Waals surface area contributed by atoms with Crippen molar-refractivity contribution < 1.29 is 14.2 Å². The molecule has 0 aliphatic carbocycles. The minimum Gasteiger partial charge on any atom is -0.454 e. The lowest BCUT2D eigenvalue weighted by Crippen LogP contribution is -2.39. The van der Waals surface area contributed by atoms with Crippen LogP contribution in [0.3, 0.4) is 0 Å². The van der Waals surface area contributed by atoms with Crippen molar-refractivity contribution in [2.75, 3.05) is 38.8 Å². The van der Waals surface area contributed by atoms with E-state index in [0.717, 1.165) is 59.9 Å². The maximum atomic E-state index is 6.29. The van der Waals surface area contributed by atoms with Crippen LogP contribution >= 0.6 is 0 Å². The van der Waals surface area contributed by atoms with Crippen molar-refractivity contribution in [2.45, 2.75) is 25.5 Å². The molecule has 3 aliphatic rings.